The van der Waals surface area contributed by atoms with Gasteiger partial charge in [0.15, 0.2) is 0 Å². The molecular weight excluding hydrogens is 214 g/mol. The van der Waals surface area contributed by atoms with Crippen molar-refractivity contribution in [2.75, 3.05) is 6.61 Å². The van der Waals surface area contributed by atoms with Crippen LogP contribution in [0.1, 0.15) is 30.3 Å². The molecule has 2 unspecified atom stereocenters. The van der Waals surface area contributed by atoms with Gasteiger partial charge in [0.1, 0.15) is 5.76 Å². The first-order valence-electron chi connectivity index (χ1n) is 5.76. The lowest BCUT2D eigenvalue weighted by Gasteiger charge is -2.20. The van der Waals surface area contributed by atoms with E-state index < -0.39 is 0 Å². The molecule has 1 heterocycles. The third-order valence-corrected chi connectivity index (χ3v) is 2.81. The molecule has 2 aromatic rings. The molecule has 2 N–H and O–H groups in total. The van der Waals surface area contributed by atoms with Gasteiger partial charge in [-0.2, -0.15) is 0 Å². The van der Waals surface area contributed by atoms with E-state index in [2.05, 4.69) is 5.32 Å². The van der Waals surface area contributed by atoms with Gasteiger partial charge in [0.25, 0.3) is 0 Å². The fourth-order valence-corrected chi connectivity index (χ4v) is 1.86. The van der Waals surface area contributed by atoms with E-state index in [1.54, 1.807) is 6.26 Å². The first kappa shape index (κ1) is 11.9. The van der Waals surface area contributed by atoms with Crippen molar-refractivity contribution in [1.82, 2.24) is 5.32 Å². The highest BCUT2D eigenvalue weighted by Gasteiger charge is 2.15. The largest absolute Gasteiger partial charge is 0.468 e. The van der Waals surface area contributed by atoms with Crippen molar-refractivity contribution in [3.63, 3.8) is 0 Å². The zero-order chi connectivity index (χ0) is 12.1. The number of rotatable bonds is 5. The Labute approximate surface area is 101 Å². The van der Waals surface area contributed by atoms with Gasteiger partial charge in [0.05, 0.1) is 25.0 Å². The zero-order valence-electron chi connectivity index (χ0n) is 9.84. The maximum Gasteiger partial charge on any atom is 0.120 e. The van der Waals surface area contributed by atoms with E-state index in [0.29, 0.717) is 0 Å². The summed E-state index contributed by atoms with van der Waals surface area (Å²) in [6.07, 6.45) is 1.66. The van der Waals surface area contributed by atoms with Gasteiger partial charge in [-0.25, -0.2) is 0 Å². The highest BCUT2D eigenvalue weighted by Crippen LogP contribution is 2.19. The summed E-state index contributed by atoms with van der Waals surface area (Å²) in [4.78, 5) is 0. The van der Waals surface area contributed by atoms with Gasteiger partial charge in [-0.05, 0) is 24.6 Å². The summed E-state index contributed by atoms with van der Waals surface area (Å²) in [5, 5.41) is 12.8. The molecule has 0 bridgehead atoms. The van der Waals surface area contributed by atoms with Gasteiger partial charge in [-0.15, -0.1) is 0 Å². The maximum absolute atomic E-state index is 9.43. The summed E-state index contributed by atoms with van der Waals surface area (Å²) < 4.78 is 5.33. The number of aliphatic hydroxyl groups is 1. The summed E-state index contributed by atoms with van der Waals surface area (Å²) in [6, 6.07) is 13.7. The van der Waals surface area contributed by atoms with Crippen LogP contribution in [-0.2, 0) is 0 Å². The molecule has 2 rings (SSSR count). The first-order valence-corrected chi connectivity index (χ1v) is 5.76. The molecule has 0 spiro atoms. The highest BCUT2D eigenvalue weighted by molar-refractivity contribution is 5.19. The standard InChI is InChI=1S/C14H17NO2/c1-11(14-8-5-9-17-14)15-13(10-16)12-6-3-2-4-7-12/h2-9,11,13,15-16H,10H2,1H3. The molecule has 0 aliphatic heterocycles. The van der Waals surface area contributed by atoms with Crippen molar-refractivity contribution >= 4 is 0 Å². The van der Waals surface area contributed by atoms with Crippen LogP contribution >= 0.6 is 0 Å². The monoisotopic (exact) mass is 231 g/mol. The molecule has 2 atom stereocenters. The van der Waals surface area contributed by atoms with E-state index in [1.165, 1.54) is 0 Å². The fraction of sp³-hybridized carbons (Fsp3) is 0.286. The number of nitrogens with one attached hydrogen (secondary N) is 1. The number of hydrogen-bond acceptors (Lipinski definition) is 3. The number of hydrogen-bond donors (Lipinski definition) is 2. The summed E-state index contributed by atoms with van der Waals surface area (Å²) in [6.45, 7) is 2.08. The van der Waals surface area contributed by atoms with E-state index >= 15 is 0 Å². The summed E-state index contributed by atoms with van der Waals surface area (Å²) in [5.74, 6) is 0.874. The van der Waals surface area contributed by atoms with E-state index in [1.807, 2.05) is 49.4 Å². The van der Waals surface area contributed by atoms with Crippen molar-refractivity contribution in [1.29, 1.82) is 0 Å². The number of benzene rings is 1. The second kappa shape index (κ2) is 5.66. The Hall–Kier alpha value is -1.58. The summed E-state index contributed by atoms with van der Waals surface area (Å²) in [5.41, 5.74) is 1.08. The molecule has 0 aliphatic rings. The molecule has 3 nitrogen and oxygen atoms in total. The smallest absolute Gasteiger partial charge is 0.120 e. The highest BCUT2D eigenvalue weighted by atomic mass is 16.3. The Morgan fingerprint density at radius 3 is 2.53 bits per heavy atom. The summed E-state index contributed by atoms with van der Waals surface area (Å²) in [7, 11) is 0. The van der Waals surface area contributed by atoms with Crippen LogP contribution in [0.15, 0.2) is 53.1 Å². The Morgan fingerprint density at radius 2 is 1.94 bits per heavy atom. The molecule has 0 radical (unpaired) electrons. The Kier molecular flexibility index (Phi) is 3.96. The molecule has 90 valence electrons. The quantitative estimate of drug-likeness (QED) is 0.831. The molecular formula is C14H17NO2. The maximum atomic E-state index is 9.43. The van der Waals surface area contributed by atoms with Crippen LogP contribution in [0.2, 0.25) is 0 Å². The van der Waals surface area contributed by atoms with Crippen molar-refractivity contribution < 1.29 is 9.52 Å². The van der Waals surface area contributed by atoms with Gasteiger partial charge < -0.3 is 9.52 Å². The first-order chi connectivity index (χ1) is 8.31. The van der Waals surface area contributed by atoms with Crippen molar-refractivity contribution in [3.05, 3.63) is 60.1 Å². The van der Waals surface area contributed by atoms with Crippen LogP contribution in [0.3, 0.4) is 0 Å². The third kappa shape index (κ3) is 2.96. The van der Waals surface area contributed by atoms with Gasteiger partial charge in [0.2, 0.25) is 0 Å². The average molecular weight is 231 g/mol. The molecule has 0 saturated heterocycles. The molecule has 1 aromatic heterocycles. The van der Waals surface area contributed by atoms with E-state index in [-0.39, 0.29) is 18.7 Å². The lowest BCUT2D eigenvalue weighted by Crippen LogP contribution is -2.27. The second-order valence-electron chi connectivity index (χ2n) is 4.05. The zero-order valence-corrected chi connectivity index (χ0v) is 9.84. The predicted octanol–water partition coefficient (Wildman–Crippen LogP) is 2.66. The van der Waals surface area contributed by atoms with Crippen LogP contribution in [0.4, 0.5) is 0 Å². The number of aliphatic hydroxyl groups excluding tert-OH is 1. The topological polar surface area (TPSA) is 45.4 Å². The van der Waals surface area contributed by atoms with Gasteiger partial charge in [-0.1, -0.05) is 30.3 Å². The van der Waals surface area contributed by atoms with Crippen molar-refractivity contribution in [2.45, 2.75) is 19.0 Å². The molecule has 0 fully saturated rings. The molecule has 0 amide bonds. The molecule has 0 aliphatic carbocycles. The normalized spacial score (nSPS) is 14.5. The molecule has 17 heavy (non-hydrogen) atoms. The molecule has 1 aromatic carbocycles. The van der Waals surface area contributed by atoms with Crippen LogP contribution in [0.25, 0.3) is 0 Å². The van der Waals surface area contributed by atoms with E-state index in [9.17, 15) is 5.11 Å². The Balaban J connectivity index is 2.06. The SMILES string of the molecule is CC(NC(CO)c1ccccc1)c1ccco1. The Bertz CT molecular complexity index is 425. The Morgan fingerprint density at radius 1 is 1.18 bits per heavy atom. The van der Waals surface area contributed by atoms with Gasteiger partial charge >= 0.3 is 0 Å². The van der Waals surface area contributed by atoms with Gasteiger partial charge in [-0.3, -0.25) is 5.32 Å². The van der Waals surface area contributed by atoms with E-state index in [4.69, 9.17) is 4.42 Å². The van der Waals surface area contributed by atoms with Crippen LogP contribution in [0, 0.1) is 0 Å². The molecule has 0 saturated carbocycles. The second-order valence-corrected chi connectivity index (χ2v) is 4.05. The van der Waals surface area contributed by atoms with Crippen molar-refractivity contribution in [3.8, 4) is 0 Å². The summed E-state index contributed by atoms with van der Waals surface area (Å²) >= 11 is 0. The van der Waals surface area contributed by atoms with E-state index in [0.717, 1.165) is 11.3 Å². The lowest BCUT2D eigenvalue weighted by molar-refractivity contribution is 0.230. The predicted molar refractivity (Wildman–Crippen MR) is 66.5 cm³/mol. The fourth-order valence-electron chi connectivity index (χ4n) is 1.86. The lowest BCUT2D eigenvalue weighted by atomic mass is 10.1. The van der Waals surface area contributed by atoms with Crippen molar-refractivity contribution in [2.24, 2.45) is 0 Å². The van der Waals surface area contributed by atoms with Crippen LogP contribution < -0.4 is 5.32 Å². The minimum absolute atomic E-state index is 0.0645. The third-order valence-electron chi connectivity index (χ3n) is 2.81. The average Bonchev–Trinajstić information content (AvgIpc) is 2.90. The minimum Gasteiger partial charge on any atom is -0.468 e. The van der Waals surface area contributed by atoms with Gasteiger partial charge in [0, 0.05) is 0 Å². The van der Waals surface area contributed by atoms with Crippen LogP contribution in [-0.4, -0.2) is 11.7 Å². The minimum atomic E-state index is -0.0729. The number of furan rings is 1. The molecule has 3 heteroatoms. The van der Waals surface area contributed by atoms with Crippen LogP contribution in [0.5, 0.6) is 0 Å².